The van der Waals surface area contributed by atoms with E-state index in [0.29, 0.717) is 4.47 Å². The van der Waals surface area contributed by atoms with Crippen molar-refractivity contribution in [1.29, 1.82) is 0 Å². The molecule has 0 atom stereocenters. The van der Waals surface area contributed by atoms with E-state index in [2.05, 4.69) is 15.9 Å². The van der Waals surface area contributed by atoms with Crippen LogP contribution >= 0.6 is 27.5 Å². The number of hydrogen-bond donors (Lipinski definition) is 0. The van der Waals surface area contributed by atoms with E-state index in [1.54, 1.807) is 0 Å². The Bertz CT molecular complexity index is 852. The lowest BCUT2D eigenvalue weighted by atomic mass is 10.1. The second-order valence-electron chi connectivity index (χ2n) is 4.31. The standard InChI is InChI=1S/C14H9BrClFO4S/c1-8(18)11-6-9(15)2-5-14(11)21-22(19,20)10-3-4-13(17)12(16)7-10/h2-7H,1H3. The van der Waals surface area contributed by atoms with Crippen molar-refractivity contribution in [3.05, 3.63) is 57.3 Å². The van der Waals surface area contributed by atoms with Crippen molar-refractivity contribution >= 4 is 43.4 Å². The zero-order chi connectivity index (χ0) is 16.5. The molecule has 0 amide bonds. The molecule has 116 valence electrons. The van der Waals surface area contributed by atoms with Crippen molar-refractivity contribution in [3.63, 3.8) is 0 Å². The maximum Gasteiger partial charge on any atom is 0.339 e. The maximum atomic E-state index is 13.1. The van der Waals surface area contributed by atoms with E-state index in [-0.39, 0.29) is 27.0 Å². The first-order valence-corrected chi connectivity index (χ1v) is 8.48. The molecule has 8 heteroatoms. The first kappa shape index (κ1) is 16.9. The number of benzene rings is 2. The normalized spacial score (nSPS) is 11.3. The Hall–Kier alpha value is -1.44. The molecule has 2 aromatic rings. The third-order valence-corrected chi connectivity index (χ3v) is 4.71. The Morgan fingerprint density at radius 1 is 1.23 bits per heavy atom. The summed E-state index contributed by atoms with van der Waals surface area (Å²) < 4.78 is 43.1. The zero-order valence-electron chi connectivity index (χ0n) is 11.1. The Morgan fingerprint density at radius 3 is 2.50 bits per heavy atom. The molecular weight excluding hydrogens is 399 g/mol. The molecule has 22 heavy (non-hydrogen) atoms. The smallest absolute Gasteiger partial charge is 0.339 e. The van der Waals surface area contributed by atoms with Crippen LogP contribution in [-0.2, 0) is 10.1 Å². The molecule has 0 bridgehead atoms. The average molecular weight is 408 g/mol. The number of carbonyl (C=O) groups is 1. The second-order valence-corrected chi connectivity index (χ2v) is 7.18. The second kappa shape index (κ2) is 6.36. The summed E-state index contributed by atoms with van der Waals surface area (Å²) in [5.41, 5.74) is 0.103. The SMILES string of the molecule is CC(=O)c1cc(Br)ccc1OS(=O)(=O)c1ccc(F)c(Cl)c1. The van der Waals surface area contributed by atoms with Gasteiger partial charge in [0.2, 0.25) is 0 Å². The van der Waals surface area contributed by atoms with E-state index in [1.165, 1.54) is 25.1 Å². The summed E-state index contributed by atoms with van der Waals surface area (Å²) in [6.45, 7) is 1.29. The van der Waals surface area contributed by atoms with Crippen LogP contribution < -0.4 is 4.18 Å². The van der Waals surface area contributed by atoms with Crippen LogP contribution in [0.3, 0.4) is 0 Å². The van der Waals surface area contributed by atoms with Crippen LogP contribution in [-0.4, -0.2) is 14.2 Å². The third-order valence-electron chi connectivity index (χ3n) is 2.70. The van der Waals surface area contributed by atoms with Gasteiger partial charge < -0.3 is 4.18 Å². The van der Waals surface area contributed by atoms with Crippen molar-refractivity contribution in [1.82, 2.24) is 0 Å². The van der Waals surface area contributed by atoms with Crippen LogP contribution in [0.1, 0.15) is 17.3 Å². The topological polar surface area (TPSA) is 60.4 Å². The molecule has 4 nitrogen and oxygen atoms in total. The number of hydrogen-bond acceptors (Lipinski definition) is 4. The molecule has 0 aliphatic heterocycles. The molecule has 0 saturated carbocycles. The van der Waals surface area contributed by atoms with Gasteiger partial charge in [0, 0.05) is 4.47 Å². The minimum absolute atomic E-state index is 0.103. The molecule has 0 aliphatic rings. The lowest BCUT2D eigenvalue weighted by molar-refractivity contribution is 0.101. The summed E-state index contributed by atoms with van der Waals surface area (Å²) in [5.74, 6) is -1.21. The monoisotopic (exact) mass is 406 g/mol. The van der Waals surface area contributed by atoms with Crippen LogP contribution in [0.4, 0.5) is 4.39 Å². The molecule has 0 heterocycles. The van der Waals surface area contributed by atoms with Crippen LogP contribution in [0.25, 0.3) is 0 Å². The largest absolute Gasteiger partial charge is 0.378 e. The van der Waals surface area contributed by atoms with Gasteiger partial charge in [-0.15, -0.1) is 0 Å². The quantitative estimate of drug-likeness (QED) is 0.563. The molecule has 0 unspecified atom stereocenters. The highest BCUT2D eigenvalue weighted by molar-refractivity contribution is 9.10. The molecule has 0 N–H and O–H groups in total. The van der Waals surface area contributed by atoms with Crippen LogP contribution in [0, 0.1) is 5.82 Å². The lowest BCUT2D eigenvalue weighted by Crippen LogP contribution is -2.12. The van der Waals surface area contributed by atoms with Crippen LogP contribution in [0.2, 0.25) is 5.02 Å². The van der Waals surface area contributed by atoms with Crippen molar-refractivity contribution in [3.8, 4) is 5.75 Å². The highest BCUT2D eigenvalue weighted by atomic mass is 79.9. The van der Waals surface area contributed by atoms with Gasteiger partial charge in [0.15, 0.2) is 11.5 Å². The van der Waals surface area contributed by atoms with Gasteiger partial charge in [-0.1, -0.05) is 27.5 Å². The van der Waals surface area contributed by atoms with Crippen molar-refractivity contribution in [2.75, 3.05) is 0 Å². The van der Waals surface area contributed by atoms with Gasteiger partial charge in [-0.25, -0.2) is 4.39 Å². The van der Waals surface area contributed by atoms with Crippen molar-refractivity contribution < 1.29 is 21.8 Å². The van der Waals surface area contributed by atoms with Crippen molar-refractivity contribution in [2.24, 2.45) is 0 Å². The van der Waals surface area contributed by atoms with E-state index in [9.17, 15) is 17.6 Å². The predicted molar refractivity (Wildman–Crippen MR) is 83.4 cm³/mol. The fraction of sp³-hybridized carbons (Fsp3) is 0.0714. The van der Waals surface area contributed by atoms with Gasteiger partial charge in [0.25, 0.3) is 0 Å². The lowest BCUT2D eigenvalue weighted by Gasteiger charge is -2.10. The fourth-order valence-electron chi connectivity index (χ4n) is 1.65. The molecule has 0 radical (unpaired) electrons. The number of ketones is 1. The number of Topliss-reactive ketones (excluding diaryl/α,β-unsaturated/α-hetero) is 1. The Labute approximate surface area is 140 Å². The van der Waals surface area contributed by atoms with Crippen LogP contribution in [0.15, 0.2) is 45.8 Å². The van der Waals surface area contributed by atoms with Gasteiger partial charge >= 0.3 is 10.1 Å². The molecular formula is C14H9BrClFO4S. The van der Waals surface area contributed by atoms with Gasteiger partial charge in [0.1, 0.15) is 10.7 Å². The molecule has 2 aromatic carbocycles. The average Bonchev–Trinajstić information content (AvgIpc) is 2.43. The van der Waals surface area contributed by atoms with E-state index in [0.717, 1.165) is 18.2 Å². The highest BCUT2D eigenvalue weighted by Crippen LogP contribution is 2.28. The minimum Gasteiger partial charge on any atom is -0.378 e. The Morgan fingerprint density at radius 2 is 1.91 bits per heavy atom. The number of rotatable bonds is 4. The maximum absolute atomic E-state index is 13.1. The third kappa shape index (κ3) is 3.66. The molecule has 2 rings (SSSR count). The Balaban J connectivity index is 2.45. The number of halogens is 3. The van der Waals surface area contributed by atoms with E-state index in [4.69, 9.17) is 15.8 Å². The molecule has 0 aromatic heterocycles. The number of carbonyl (C=O) groups excluding carboxylic acids is 1. The zero-order valence-corrected chi connectivity index (χ0v) is 14.3. The Kier molecular flexibility index (Phi) is 4.89. The highest BCUT2D eigenvalue weighted by Gasteiger charge is 2.21. The van der Waals surface area contributed by atoms with E-state index >= 15 is 0 Å². The molecule has 0 spiro atoms. The van der Waals surface area contributed by atoms with E-state index in [1.807, 2.05) is 0 Å². The van der Waals surface area contributed by atoms with Gasteiger partial charge in [-0.05, 0) is 43.3 Å². The summed E-state index contributed by atoms with van der Waals surface area (Å²) in [4.78, 5) is 11.3. The summed E-state index contributed by atoms with van der Waals surface area (Å²) in [5, 5.41) is -0.340. The van der Waals surface area contributed by atoms with E-state index < -0.39 is 15.9 Å². The van der Waals surface area contributed by atoms with Crippen molar-refractivity contribution in [2.45, 2.75) is 11.8 Å². The summed E-state index contributed by atoms with van der Waals surface area (Å²) in [7, 11) is -4.24. The minimum atomic E-state index is -4.24. The van der Waals surface area contributed by atoms with Crippen LogP contribution in [0.5, 0.6) is 5.75 Å². The van der Waals surface area contributed by atoms with Gasteiger partial charge in [-0.2, -0.15) is 8.42 Å². The summed E-state index contributed by atoms with van der Waals surface area (Å²) in [6, 6.07) is 7.23. The molecule has 0 aliphatic carbocycles. The molecule has 0 fully saturated rings. The summed E-state index contributed by atoms with van der Waals surface area (Å²) >= 11 is 8.76. The molecule has 0 saturated heterocycles. The summed E-state index contributed by atoms with van der Waals surface area (Å²) in [6.07, 6.45) is 0. The van der Waals surface area contributed by atoms with Gasteiger partial charge in [0.05, 0.1) is 10.6 Å². The predicted octanol–water partition coefficient (Wildman–Crippen LogP) is 4.21. The van der Waals surface area contributed by atoms with Gasteiger partial charge in [-0.3, -0.25) is 4.79 Å². The first-order chi connectivity index (χ1) is 10.2. The first-order valence-electron chi connectivity index (χ1n) is 5.91. The fourth-order valence-corrected chi connectivity index (χ4v) is 3.23.